The third-order valence-electron chi connectivity index (χ3n) is 2.83. The molecule has 0 amide bonds. The Bertz CT molecular complexity index is 724. The molecule has 0 spiro atoms. The number of nitrogens with zero attached hydrogens (tertiary/aromatic N) is 2. The van der Waals surface area contributed by atoms with E-state index in [0.29, 0.717) is 6.54 Å². The van der Waals surface area contributed by atoms with Crippen LogP contribution in [0.1, 0.15) is 5.69 Å². The fourth-order valence-corrected chi connectivity index (χ4v) is 3.41. The van der Waals surface area contributed by atoms with Crippen molar-refractivity contribution in [3.8, 4) is 0 Å². The van der Waals surface area contributed by atoms with Gasteiger partial charge in [-0.1, -0.05) is 30.0 Å². The van der Waals surface area contributed by atoms with Crippen molar-refractivity contribution in [3.63, 3.8) is 0 Å². The summed E-state index contributed by atoms with van der Waals surface area (Å²) in [6.07, 6.45) is 1.99. The number of nitrogens with two attached hydrogens (primary N) is 1. The summed E-state index contributed by atoms with van der Waals surface area (Å²) >= 11 is 5.19. The summed E-state index contributed by atoms with van der Waals surface area (Å²) in [4.78, 5) is 5.78. The van der Waals surface area contributed by atoms with Gasteiger partial charge in [0.25, 0.3) is 0 Å². The first-order chi connectivity index (χ1) is 9.29. The van der Waals surface area contributed by atoms with Crippen LogP contribution < -0.4 is 5.73 Å². The first-order valence-corrected chi connectivity index (χ1v) is 7.49. The van der Waals surface area contributed by atoms with E-state index in [4.69, 9.17) is 5.73 Å². The lowest BCUT2D eigenvalue weighted by Gasteiger charge is -2.03. The fraction of sp³-hybridized carbons (Fsp3) is 0.0714. The maximum absolute atomic E-state index is 5.87. The van der Waals surface area contributed by atoms with E-state index in [1.165, 1.54) is 0 Å². The van der Waals surface area contributed by atoms with Crippen LogP contribution in [-0.4, -0.2) is 9.38 Å². The summed E-state index contributed by atoms with van der Waals surface area (Å²) in [5.74, 6) is 0. The molecule has 3 rings (SSSR count). The van der Waals surface area contributed by atoms with E-state index in [1.54, 1.807) is 11.8 Å². The Balaban J connectivity index is 2.08. The first kappa shape index (κ1) is 12.7. The Morgan fingerprint density at radius 2 is 1.95 bits per heavy atom. The van der Waals surface area contributed by atoms with Gasteiger partial charge in [-0.05, 0) is 40.2 Å². The number of aromatic nitrogens is 2. The Kier molecular flexibility index (Phi) is 3.59. The number of hydrogen-bond donors (Lipinski definition) is 1. The highest BCUT2D eigenvalue weighted by Crippen LogP contribution is 2.34. The van der Waals surface area contributed by atoms with Crippen LogP contribution in [0.5, 0.6) is 0 Å². The van der Waals surface area contributed by atoms with Crippen LogP contribution in [0.2, 0.25) is 0 Å². The predicted octanol–water partition coefficient (Wildman–Crippen LogP) is 3.71. The lowest BCUT2D eigenvalue weighted by Crippen LogP contribution is -2.01. The third kappa shape index (κ3) is 2.41. The molecule has 0 aliphatic rings. The number of hydrogen-bond acceptors (Lipinski definition) is 3. The van der Waals surface area contributed by atoms with E-state index in [9.17, 15) is 0 Å². The molecule has 3 aromatic rings. The lowest BCUT2D eigenvalue weighted by molar-refractivity contribution is 0.921. The van der Waals surface area contributed by atoms with Gasteiger partial charge in [0.2, 0.25) is 0 Å². The van der Waals surface area contributed by atoms with Crippen molar-refractivity contribution in [2.45, 2.75) is 16.5 Å². The Hall–Kier alpha value is -1.30. The van der Waals surface area contributed by atoms with Gasteiger partial charge in [-0.25, -0.2) is 4.98 Å². The smallest absolute Gasteiger partial charge is 0.138 e. The largest absolute Gasteiger partial charge is 0.325 e. The van der Waals surface area contributed by atoms with Crippen molar-refractivity contribution in [2.75, 3.05) is 0 Å². The number of benzene rings is 1. The molecule has 19 heavy (non-hydrogen) atoms. The molecule has 5 heteroatoms. The SMILES string of the molecule is NCc1c(Sc2ccccc2Br)nc2ccccn12. The van der Waals surface area contributed by atoms with Crippen LogP contribution in [0.15, 0.2) is 63.1 Å². The third-order valence-corrected chi connectivity index (χ3v) is 4.88. The second-order valence-electron chi connectivity index (χ2n) is 4.03. The molecule has 3 nitrogen and oxygen atoms in total. The maximum Gasteiger partial charge on any atom is 0.138 e. The predicted molar refractivity (Wildman–Crippen MR) is 81.3 cm³/mol. The molecule has 0 unspecified atom stereocenters. The van der Waals surface area contributed by atoms with Gasteiger partial charge in [-0.15, -0.1) is 0 Å². The van der Waals surface area contributed by atoms with Crippen LogP contribution in [-0.2, 0) is 6.54 Å². The molecule has 0 radical (unpaired) electrons. The molecule has 0 saturated heterocycles. The average molecular weight is 334 g/mol. The van der Waals surface area contributed by atoms with E-state index in [2.05, 4.69) is 27.0 Å². The topological polar surface area (TPSA) is 43.3 Å². The van der Waals surface area contributed by atoms with Gasteiger partial charge >= 0.3 is 0 Å². The highest BCUT2D eigenvalue weighted by molar-refractivity contribution is 9.10. The van der Waals surface area contributed by atoms with Gasteiger partial charge in [0.15, 0.2) is 0 Å². The van der Waals surface area contributed by atoms with Crippen LogP contribution in [0.25, 0.3) is 5.65 Å². The molecule has 0 aliphatic heterocycles. The molecular formula is C14H12BrN3S. The summed E-state index contributed by atoms with van der Waals surface area (Å²) in [6.45, 7) is 0.470. The van der Waals surface area contributed by atoms with E-state index in [1.807, 2.05) is 47.0 Å². The van der Waals surface area contributed by atoms with Crippen molar-refractivity contribution in [2.24, 2.45) is 5.73 Å². The Morgan fingerprint density at radius 3 is 2.74 bits per heavy atom. The molecule has 2 heterocycles. The molecule has 1 aromatic carbocycles. The maximum atomic E-state index is 5.87. The van der Waals surface area contributed by atoms with Crippen LogP contribution in [0, 0.1) is 0 Å². The molecule has 96 valence electrons. The van der Waals surface area contributed by atoms with E-state index in [-0.39, 0.29) is 0 Å². The van der Waals surface area contributed by atoms with E-state index < -0.39 is 0 Å². The zero-order valence-electron chi connectivity index (χ0n) is 10.1. The minimum atomic E-state index is 0.470. The van der Waals surface area contributed by atoms with Gasteiger partial charge in [0, 0.05) is 22.1 Å². The van der Waals surface area contributed by atoms with E-state index in [0.717, 1.165) is 25.7 Å². The molecular weight excluding hydrogens is 322 g/mol. The number of pyridine rings is 1. The summed E-state index contributed by atoms with van der Waals surface area (Å²) in [6, 6.07) is 14.1. The van der Waals surface area contributed by atoms with Crippen molar-refractivity contribution in [1.29, 1.82) is 0 Å². The molecule has 2 N–H and O–H groups in total. The zero-order chi connectivity index (χ0) is 13.2. The molecule has 0 fully saturated rings. The highest BCUT2D eigenvalue weighted by Gasteiger charge is 2.12. The lowest BCUT2D eigenvalue weighted by atomic mass is 10.4. The Labute approximate surface area is 124 Å². The molecule has 2 aromatic heterocycles. The standard InChI is InChI=1S/C14H12BrN3S/c15-10-5-1-2-6-12(10)19-14-11(9-16)18-8-4-3-7-13(18)17-14/h1-8H,9,16H2. The van der Waals surface area contributed by atoms with Gasteiger partial charge in [0.05, 0.1) is 5.69 Å². The Morgan fingerprint density at radius 1 is 1.16 bits per heavy atom. The second-order valence-corrected chi connectivity index (χ2v) is 5.91. The normalized spacial score (nSPS) is 11.1. The summed E-state index contributed by atoms with van der Waals surface area (Å²) in [5.41, 5.74) is 7.83. The summed E-state index contributed by atoms with van der Waals surface area (Å²) < 4.78 is 3.11. The number of halogens is 1. The average Bonchev–Trinajstić information content (AvgIpc) is 2.78. The minimum absolute atomic E-state index is 0.470. The first-order valence-electron chi connectivity index (χ1n) is 5.88. The molecule has 0 saturated carbocycles. The number of fused-ring (bicyclic) bond motifs is 1. The molecule has 0 aliphatic carbocycles. The molecule has 0 atom stereocenters. The van der Waals surface area contributed by atoms with Crippen LogP contribution in [0.3, 0.4) is 0 Å². The fourth-order valence-electron chi connectivity index (χ4n) is 1.92. The van der Waals surface area contributed by atoms with Gasteiger partial charge in [0.1, 0.15) is 10.7 Å². The monoisotopic (exact) mass is 333 g/mol. The number of imidazole rings is 1. The van der Waals surface area contributed by atoms with Crippen molar-refractivity contribution >= 4 is 33.3 Å². The van der Waals surface area contributed by atoms with Crippen molar-refractivity contribution < 1.29 is 0 Å². The summed E-state index contributed by atoms with van der Waals surface area (Å²) in [5, 5.41) is 0.959. The van der Waals surface area contributed by atoms with Gasteiger partial charge < -0.3 is 10.1 Å². The van der Waals surface area contributed by atoms with Crippen molar-refractivity contribution in [3.05, 3.63) is 58.8 Å². The zero-order valence-corrected chi connectivity index (χ0v) is 12.5. The minimum Gasteiger partial charge on any atom is -0.325 e. The van der Waals surface area contributed by atoms with Gasteiger partial charge in [-0.3, -0.25) is 0 Å². The van der Waals surface area contributed by atoms with E-state index >= 15 is 0 Å². The summed E-state index contributed by atoms with van der Waals surface area (Å²) in [7, 11) is 0. The quantitative estimate of drug-likeness (QED) is 0.794. The van der Waals surface area contributed by atoms with Crippen molar-refractivity contribution in [1.82, 2.24) is 9.38 Å². The molecule has 0 bridgehead atoms. The second kappa shape index (κ2) is 5.36. The van der Waals surface area contributed by atoms with Crippen LogP contribution in [0.4, 0.5) is 0 Å². The van der Waals surface area contributed by atoms with Gasteiger partial charge in [-0.2, -0.15) is 0 Å². The highest BCUT2D eigenvalue weighted by atomic mass is 79.9. The van der Waals surface area contributed by atoms with Crippen LogP contribution >= 0.6 is 27.7 Å². The number of rotatable bonds is 3.